The number of benzene rings is 1. The number of aromatic nitrogens is 6. The summed E-state index contributed by atoms with van der Waals surface area (Å²) < 4.78 is 0. The third-order valence-electron chi connectivity index (χ3n) is 8.34. The van der Waals surface area contributed by atoms with Crippen molar-refractivity contribution in [3.63, 3.8) is 0 Å². The summed E-state index contributed by atoms with van der Waals surface area (Å²) >= 11 is 0. The molecule has 0 amide bonds. The Bertz CT molecular complexity index is 1600. The topological polar surface area (TPSA) is 119 Å². The molecule has 0 radical (unpaired) electrons. The molecule has 0 spiro atoms. The van der Waals surface area contributed by atoms with Crippen LogP contribution in [0.2, 0.25) is 0 Å². The maximum Gasteiger partial charge on any atom is 0.159 e. The molecule has 1 atom stereocenters. The van der Waals surface area contributed by atoms with Crippen LogP contribution in [0.25, 0.3) is 44.6 Å². The molecule has 1 saturated heterocycles. The molecule has 4 N–H and O–H groups in total. The van der Waals surface area contributed by atoms with Crippen molar-refractivity contribution in [2.24, 2.45) is 5.92 Å². The number of pyridine rings is 2. The summed E-state index contributed by atoms with van der Waals surface area (Å²) in [5, 5.41) is 22.8. The minimum absolute atomic E-state index is 0.293. The monoisotopic (exact) mass is 522 g/mol. The van der Waals surface area contributed by atoms with E-state index in [0.717, 1.165) is 81.9 Å². The number of aliphatic hydroxyl groups is 1. The van der Waals surface area contributed by atoms with Crippen LogP contribution in [0, 0.1) is 5.92 Å². The zero-order chi connectivity index (χ0) is 26.2. The molecule has 1 saturated carbocycles. The van der Waals surface area contributed by atoms with E-state index in [2.05, 4.69) is 53.6 Å². The number of rotatable bonds is 6. The molecule has 39 heavy (non-hydrogen) atoms. The van der Waals surface area contributed by atoms with E-state index in [9.17, 15) is 5.11 Å². The number of anilines is 2. The molecule has 7 rings (SSSR count). The predicted octanol–water partition coefficient (Wildman–Crippen LogP) is 5.86. The average Bonchev–Trinajstić information content (AvgIpc) is 3.62. The van der Waals surface area contributed by atoms with Gasteiger partial charge in [-0.3, -0.25) is 15.1 Å². The van der Waals surface area contributed by atoms with Gasteiger partial charge in [-0.05, 0) is 55.9 Å². The van der Waals surface area contributed by atoms with Crippen molar-refractivity contribution < 1.29 is 5.11 Å². The van der Waals surface area contributed by atoms with E-state index in [-0.39, 0.29) is 0 Å². The standard InChI is InChI=1S/C30H34N8O/c39-30(19-7-3-1-4-8-19)33-22-13-21(15-31-16-22)20-9-10-24-23(14-20)27(37-36-24)29-34-25-17-32-18-26(28(25)35-29)38-11-5-2-6-12-38/h9-10,13-19,30,33,39H,1-8,11-12H2,(H,34,35)(H,36,37). The minimum Gasteiger partial charge on any atom is -0.374 e. The van der Waals surface area contributed by atoms with E-state index in [1.54, 1.807) is 6.20 Å². The number of imidazole rings is 1. The minimum atomic E-state index is -0.553. The Balaban J connectivity index is 1.20. The van der Waals surface area contributed by atoms with Gasteiger partial charge in [-0.2, -0.15) is 5.10 Å². The highest BCUT2D eigenvalue weighted by molar-refractivity contribution is 5.97. The average molecular weight is 523 g/mol. The van der Waals surface area contributed by atoms with Gasteiger partial charge in [-0.1, -0.05) is 25.3 Å². The van der Waals surface area contributed by atoms with Crippen LogP contribution in [0.4, 0.5) is 11.4 Å². The normalized spacial score (nSPS) is 17.6. The molecule has 2 aliphatic rings. The number of hydrogen-bond acceptors (Lipinski definition) is 7. The second-order valence-corrected chi connectivity index (χ2v) is 11.0. The zero-order valence-corrected chi connectivity index (χ0v) is 22.0. The second-order valence-electron chi connectivity index (χ2n) is 11.0. The molecule has 4 aromatic heterocycles. The van der Waals surface area contributed by atoms with Crippen molar-refractivity contribution in [3.05, 3.63) is 49.1 Å². The van der Waals surface area contributed by atoms with Gasteiger partial charge in [0.05, 0.1) is 41.0 Å². The van der Waals surface area contributed by atoms with Gasteiger partial charge < -0.3 is 20.3 Å². The predicted molar refractivity (Wildman–Crippen MR) is 154 cm³/mol. The largest absolute Gasteiger partial charge is 0.374 e. The lowest BCUT2D eigenvalue weighted by Crippen LogP contribution is -2.30. The van der Waals surface area contributed by atoms with Crippen LogP contribution < -0.4 is 10.2 Å². The Morgan fingerprint density at radius 1 is 0.872 bits per heavy atom. The van der Waals surface area contributed by atoms with E-state index in [1.807, 2.05) is 24.7 Å². The van der Waals surface area contributed by atoms with Crippen molar-refractivity contribution in [1.82, 2.24) is 30.1 Å². The number of piperidine rings is 1. The van der Waals surface area contributed by atoms with Crippen molar-refractivity contribution in [1.29, 1.82) is 0 Å². The molecule has 200 valence electrons. The van der Waals surface area contributed by atoms with E-state index in [1.165, 1.54) is 38.5 Å². The van der Waals surface area contributed by atoms with Crippen LogP contribution >= 0.6 is 0 Å². The van der Waals surface area contributed by atoms with Gasteiger partial charge in [0.25, 0.3) is 0 Å². The van der Waals surface area contributed by atoms with Gasteiger partial charge in [-0.15, -0.1) is 0 Å². The molecule has 9 heteroatoms. The number of hydrogen-bond donors (Lipinski definition) is 4. The number of aromatic amines is 2. The van der Waals surface area contributed by atoms with Crippen LogP contribution in [0.15, 0.2) is 49.1 Å². The van der Waals surface area contributed by atoms with Gasteiger partial charge in [-0.25, -0.2) is 4.98 Å². The van der Waals surface area contributed by atoms with E-state index in [0.29, 0.717) is 5.92 Å². The first-order chi connectivity index (χ1) is 19.2. The highest BCUT2D eigenvalue weighted by atomic mass is 16.3. The highest BCUT2D eigenvalue weighted by Gasteiger charge is 2.22. The number of nitrogens with zero attached hydrogens (tertiary/aromatic N) is 5. The summed E-state index contributed by atoms with van der Waals surface area (Å²) in [4.78, 5) is 19.8. The molecule has 0 bridgehead atoms. The molecule has 5 heterocycles. The molecular formula is C30H34N8O. The summed E-state index contributed by atoms with van der Waals surface area (Å²) in [6, 6.07) is 8.29. The van der Waals surface area contributed by atoms with Crippen LogP contribution in [0.3, 0.4) is 0 Å². The smallest absolute Gasteiger partial charge is 0.159 e. The molecule has 1 aliphatic heterocycles. The summed E-state index contributed by atoms with van der Waals surface area (Å²) in [6.07, 6.45) is 16.3. The fourth-order valence-electron chi connectivity index (χ4n) is 6.19. The van der Waals surface area contributed by atoms with Crippen LogP contribution in [-0.4, -0.2) is 54.6 Å². The van der Waals surface area contributed by atoms with Gasteiger partial charge in [0.15, 0.2) is 5.82 Å². The first-order valence-electron chi connectivity index (χ1n) is 14.2. The summed E-state index contributed by atoms with van der Waals surface area (Å²) in [6.45, 7) is 2.08. The molecule has 2 fully saturated rings. The first kappa shape index (κ1) is 24.1. The molecular weight excluding hydrogens is 488 g/mol. The fraction of sp³-hybridized carbons (Fsp3) is 0.400. The van der Waals surface area contributed by atoms with Crippen molar-refractivity contribution in [2.75, 3.05) is 23.3 Å². The molecule has 1 aliphatic carbocycles. The van der Waals surface area contributed by atoms with Gasteiger partial charge in [0, 0.05) is 36.2 Å². The fourth-order valence-corrected chi connectivity index (χ4v) is 6.19. The number of H-pyrrole nitrogens is 2. The summed E-state index contributed by atoms with van der Waals surface area (Å²) in [7, 11) is 0. The van der Waals surface area contributed by atoms with Gasteiger partial charge in [0.1, 0.15) is 17.4 Å². The van der Waals surface area contributed by atoms with E-state index in [4.69, 9.17) is 4.98 Å². The lowest BCUT2D eigenvalue weighted by atomic mass is 9.88. The molecule has 9 nitrogen and oxygen atoms in total. The lowest BCUT2D eigenvalue weighted by Gasteiger charge is -2.28. The van der Waals surface area contributed by atoms with Crippen molar-refractivity contribution in [2.45, 2.75) is 57.6 Å². The molecule has 5 aromatic rings. The Hall–Kier alpha value is -3.98. The SMILES string of the molecule is OC(Nc1cncc(-c2ccc3[nH]nc(-c4nc5c(N6CCCCC6)cncc5[nH]4)c3c2)c1)C1CCCCC1. The number of nitrogens with one attached hydrogen (secondary N) is 3. The zero-order valence-electron chi connectivity index (χ0n) is 22.0. The van der Waals surface area contributed by atoms with Crippen LogP contribution in [0.1, 0.15) is 51.4 Å². The van der Waals surface area contributed by atoms with E-state index >= 15 is 0 Å². The third-order valence-corrected chi connectivity index (χ3v) is 8.34. The highest BCUT2D eigenvalue weighted by Crippen LogP contribution is 2.34. The quantitative estimate of drug-likeness (QED) is 0.206. The number of aliphatic hydroxyl groups excluding tert-OH is 1. The van der Waals surface area contributed by atoms with Crippen LogP contribution in [-0.2, 0) is 0 Å². The lowest BCUT2D eigenvalue weighted by molar-refractivity contribution is 0.109. The third kappa shape index (κ3) is 4.71. The van der Waals surface area contributed by atoms with Crippen molar-refractivity contribution >= 4 is 33.3 Å². The first-order valence-corrected chi connectivity index (χ1v) is 14.2. The Labute approximate surface area is 227 Å². The van der Waals surface area contributed by atoms with Crippen molar-refractivity contribution in [3.8, 4) is 22.6 Å². The second kappa shape index (κ2) is 10.3. The summed E-state index contributed by atoms with van der Waals surface area (Å²) in [5.74, 6) is 1.02. The van der Waals surface area contributed by atoms with Crippen LogP contribution in [0.5, 0.6) is 0 Å². The maximum atomic E-state index is 10.8. The molecule has 1 unspecified atom stereocenters. The van der Waals surface area contributed by atoms with E-state index < -0.39 is 6.23 Å². The Morgan fingerprint density at radius 2 is 1.69 bits per heavy atom. The Kier molecular flexibility index (Phi) is 6.36. The Morgan fingerprint density at radius 3 is 2.56 bits per heavy atom. The maximum absolute atomic E-state index is 10.8. The van der Waals surface area contributed by atoms with Gasteiger partial charge in [0.2, 0.25) is 0 Å². The number of fused-ring (bicyclic) bond motifs is 2. The molecule has 1 aromatic carbocycles. The summed E-state index contributed by atoms with van der Waals surface area (Å²) in [5.41, 5.74) is 7.50. The van der Waals surface area contributed by atoms with Gasteiger partial charge >= 0.3 is 0 Å².